The third kappa shape index (κ3) is 3.49. The second kappa shape index (κ2) is 6.94. The predicted octanol–water partition coefficient (Wildman–Crippen LogP) is 2.54. The van der Waals surface area contributed by atoms with Crippen molar-refractivity contribution in [3.8, 4) is 22.8 Å². The molecule has 0 unspecified atom stereocenters. The molecule has 0 saturated heterocycles. The van der Waals surface area contributed by atoms with Crippen LogP contribution in [0.2, 0.25) is 0 Å². The van der Waals surface area contributed by atoms with Crippen molar-refractivity contribution in [3.63, 3.8) is 0 Å². The maximum atomic E-state index is 5.64. The zero-order valence-electron chi connectivity index (χ0n) is 14.1. The molecule has 25 heavy (non-hydrogen) atoms. The molecule has 0 atom stereocenters. The van der Waals surface area contributed by atoms with E-state index in [9.17, 15) is 0 Å². The minimum Gasteiger partial charge on any atom is -0.486 e. The van der Waals surface area contributed by atoms with Crippen molar-refractivity contribution in [1.82, 2.24) is 20.1 Å². The summed E-state index contributed by atoms with van der Waals surface area (Å²) >= 11 is 0. The lowest BCUT2D eigenvalue weighted by atomic mass is 10.1. The summed E-state index contributed by atoms with van der Waals surface area (Å²) in [4.78, 5) is 4.07. The first-order chi connectivity index (χ1) is 12.3. The Morgan fingerprint density at radius 2 is 1.84 bits per heavy atom. The van der Waals surface area contributed by atoms with E-state index < -0.39 is 0 Å². The van der Waals surface area contributed by atoms with Crippen LogP contribution in [0.1, 0.15) is 11.1 Å². The molecule has 0 amide bonds. The van der Waals surface area contributed by atoms with Gasteiger partial charge >= 0.3 is 0 Å². The first-order valence-corrected chi connectivity index (χ1v) is 8.32. The zero-order valence-corrected chi connectivity index (χ0v) is 14.1. The lowest BCUT2D eigenvalue weighted by Crippen LogP contribution is -2.16. The number of fused-ring (bicyclic) bond motifs is 1. The van der Waals surface area contributed by atoms with Gasteiger partial charge in [0.25, 0.3) is 0 Å². The Morgan fingerprint density at radius 3 is 2.68 bits per heavy atom. The summed E-state index contributed by atoms with van der Waals surface area (Å²) in [6.07, 6.45) is 5.62. The molecule has 0 radical (unpaired) electrons. The second-order valence-corrected chi connectivity index (χ2v) is 5.99. The smallest absolute Gasteiger partial charge is 0.161 e. The maximum absolute atomic E-state index is 5.64. The quantitative estimate of drug-likeness (QED) is 0.776. The minimum atomic E-state index is 0.606. The summed E-state index contributed by atoms with van der Waals surface area (Å²) in [6.45, 7) is 2.71. The van der Waals surface area contributed by atoms with E-state index in [4.69, 9.17) is 9.47 Å². The van der Waals surface area contributed by atoms with Crippen molar-refractivity contribution in [3.05, 3.63) is 60.0 Å². The van der Waals surface area contributed by atoms with E-state index in [-0.39, 0.29) is 0 Å². The second-order valence-electron chi connectivity index (χ2n) is 5.99. The molecule has 0 spiro atoms. The summed E-state index contributed by atoms with van der Waals surface area (Å²) in [5, 5.41) is 8.06. The normalized spacial score (nSPS) is 13.0. The Morgan fingerprint density at radius 1 is 1.04 bits per heavy atom. The molecule has 3 aromatic rings. The first kappa shape index (κ1) is 15.7. The number of pyridine rings is 1. The Labute approximate surface area is 146 Å². The van der Waals surface area contributed by atoms with Gasteiger partial charge in [-0.25, -0.2) is 0 Å². The molecule has 1 aliphatic heterocycles. The molecule has 0 aliphatic carbocycles. The molecular weight excluding hydrogens is 316 g/mol. The summed E-state index contributed by atoms with van der Waals surface area (Å²) in [5.41, 5.74) is 4.39. The first-order valence-electron chi connectivity index (χ1n) is 8.32. The number of rotatable bonds is 5. The van der Waals surface area contributed by atoms with Crippen molar-refractivity contribution in [2.75, 3.05) is 13.2 Å². The van der Waals surface area contributed by atoms with Crippen LogP contribution in [0.5, 0.6) is 11.5 Å². The molecule has 0 saturated carbocycles. The number of nitrogens with one attached hydrogen (secondary N) is 1. The Hall–Kier alpha value is -2.86. The van der Waals surface area contributed by atoms with Crippen molar-refractivity contribution in [1.29, 1.82) is 0 Å². The maximum Gasteiger partial charge on any atom is 0.161 e. The standard InChI is InChI=1S/C19H20N4O2/c1-23-13-16(19(22-23)15-4-6-20-7-5-15)12-21-11-14-2-3-17-18(10-14)25-9-8-24-17/h2-7,10,13,21H,8-9,11-12H2,1H3. The third-order valence-electron chi connectivity index (χ3n) is 4.11. The van der Waals surface area contributed by atoms with Crippen molar-refractivity contribution in [2.24, 2.45) is 7.05 Å². The highest BCUT2D eigenvalue weighted by atomic mass is 16.6. The van der Waals surface area contributed by atoms with Crippen LogP contribution in [-0.2, 0) is 20.1 Å². The highest BCUT2D eigenvalue weighted by Gasteiger charge is 2.12. The number of aryl methyl sites for hydroxylation is 1. The van der Waals surface area contributed by atoms with Crippen LogP contribution in [0.15, 0.2) is 48.9 Å². The molecule has 6 heteroatoms. The number of hydrogen-bond acceptors (Lipinski definition) is 5. The largest absolute Gasteiger partial charge is 0.486 e. The molecule has 6 nitrogen and oxygen atoms in total. The lowest BCUT2D eigenvalue weighted by Gasteiger charge is -2.19. The fraction of sp³-hybridized carbons (Fsp3) is 0.263. The molecule has 0 bridgehead atoms. The third-order valence-corrected chi connectivity index (χ3v) is 4.11. The Bertz CT molecular complexity index is 861. The van der Waals surface area contributed by atoms with Crippen molar-refractivity contribution >= 4 is 0 Å². The van der Waals surface area contributed by atoms with Gasteiger partial charge in [-0.1, -0.05) is 6.07 Å². The summed E-state index contributed by atoms with van der Waals surface area (Å²) in [7, 11) is 1.94. The average Bonchev–Trinajstić information content (AvgIpc) is 3.03. The van der Waals surface area contributed by atoms with Gasteiger partial charge in [0.1, 0.15) is 13.2 Å². The van der Waals surface area contributed by atoms with Gasteiger partial charge in [0.2, 0.25) is 0 Å². The van der Waals surface area contributed by atoms with Crippen LogP contribution in [0, 0.1) is 0 Å². The van der Waals surface area contributed by atoms with Crippen LogP contribution in [0.25, 0.3) is 11.3 Å². The van der Waals surface area contributed by atoms with Gasteiger partial charge < -0.3 is 14.8 Å². The van der Waals surface area contributed by atoms with Crippen LogP contribution in [0.3, 0.4) is 0 Å². The van der Waals surface area contributed by atoms with E-state index in [1.54, 1.807) is 12.4 Å². The van der Waals surface area contributed by atoms with Gasteiger partial charge in [-0.2, -0.15) is 5.10 Å². The van der Waals surface area contributed by atoms with Gasteiger partial charge in [0.05, 0.1) is 5.69 Å². The number of ether oxygens (including phenoxy) is 2. The Kier molecular flexibility index (Phi) is 4.35. The summed E-state index contributed by atoms with van der Waals surface area (Å²) in [6, 6.07) is 10.0. The van der Waals surface area contributed by atoms with E-state index in [0.717, 1.165) is 41.4 Å². The molecule has 1 aliphatic rings. The SMILES string of the molecule is Cn1cc(CNCc2ccc3c(c2)OCCO3)c(-c2ccncc2)n1. The van der Waals surface area contributed by atoms with Gasteiger partial charge in [-0.05, 0) is 29.8 Å². The highest BCUT2D eigenvalue weighted by molar-refractivity contribution is 5.61. The summed E-state index contributed by atoms with van der Waals surface area (Å²) < 4.78 is 13.0. The van der Waals surface area contributed by atoms with Gasteiger partial charge in [0.15, 0.2) is 11.5 Å². The van der Waals surface area contributed by atoms with Gasteiger partial charge in [-0.15, -0.1) is 0 Å². The monoisotopic (exact) mass is 336 g/mol. The number of aromatic nitrogens is 3. The van der Waals surface area contributed by atoms with E-state index >= 15 is 0 Å². The van der Waals surface area contributed by atoms with E-state index in [1.165, 1.54) is 5.56 Å². The van der Waals surface area contributed by atoms with Crippen LogP contribution in [0.4, 0.5) is 0 Å². The number of benzene rings is 1. The number of nitrogens with zero attached hydrogens (tertiary/aromatic N) is 3. The molecule has 2 aromatic heterocycles. The summed E-state index contributed by atoms with van der Waals surface area (Å²) in [5.74, 6) is 1.65. The van der Waals surface area contributed by atoms with E-state index in [2.05, 4.69) is 21.5 Å². The topological polar surface area (TPSA) is 61.2 Å². The highest BCUT2D eigenvalue weighted by Crippen LogP contribution is 2.30. The molecule has 3 heterocycles. The Balaban J connectivity index is 1.44. The van der Waals surface area contributed by atoms with Gasteiger partial charge in [-0.3, -0.25) is 9.67 Å². The zero-order chi connectivity index (χ0) is 17.1. The lowest BCUT2D eigenvalue weighted by molar-refractivity contribution is 0.171. The van der Waals surface area contributed by atoms with Crippen LogP contribution < -0.4 is 14.8 Å². The molecule has 1 N–H and O–H groups in total. The molecular formula is C19H20N4O2. The number of hydrogen-bond donors (Lipinski definition) is 1. The molecule has 0 fully saturated rings. The molecule has 4 rings (SSSR count). The minimum absolute atomic E-state index is 0.606. The van der Waals surface area contributed by atoms with Crippen molar-refractivity contribution < 1.29 is 9.47 Å². The van der Waals surface area contributed by atoms with E-state index in [1.807, 2.05) is 42.2 Å². The molecule has 128 valence electrons. The van der Waals surface area contributed by atoms with Crippen LogP contribution in [-0.4, -0.2) is 28.0 Å². The molecule has 1 aromatic carbocycles. The van der Waals surface area contributed by atoms with Gasteiger partial charge in [0, 0.05) is 49.9 Å². The predicted molar refractivity (Wildman–Crippen MR) is 94.4 cm³/mol. The fourth-order valence-corrected chi connectivity index (χ4v) is 2.96. The fourth-order valence-electron chi connectivity index (χ4n) is 2.96. The van der Waals surface area contributed by atoms with Crippen molar-refractivity contribution in [2.45, 2.75) is 13.1 Å². The van der Waals surface area contributed by atoms with E-state index in [0.29, 0.717) is 13.2 Å². The average molecular weight is 336 g/mol. The van der Waals surface area contributed by atoms with Crippen LogP contribution >= 0.6 is 0 Å².